The number of hydrogen-bond donors (Lipinski definition) is 0. The highest BCUT2D eigenvalue weighted by Gasteiger charge is 2.43. The lowest BCUT2D eigenvalue weighted by Crippen LogP contribution is -2.40. The number of esters is 2. The summed E-state index contributed by atoms with van der Waals surface area (Å²) in [7, 11) is 0. The maximum atomic E-state index is 12.8. The molecule has 0 N–H and O–H groups in total. The average Bonchev–Trinajstić information content (AvgIpc) is 3.06. The molecule has 4 heteroatoms. The minimum atomic E-state index is -0.390. The second-order valence-corrected chi connectivity index (χ2v) is 7.38. The lowest BCUT2D eigenvalue weighted by molar-refractivity contribution is -0.165. The van der Waals surface area contributed by atoms with E-state index < -0.39 is 0 Å². The van der Waals surface area contributed by atoms with E-state index in [1.165, 1.54) is 0 Å². The molecule has 1 rings (SSSR count). The molecule has 24 heavy (non-hydrogen) atoms. The summed E-state index contributed by atoms with van der Waals surface area (Å²) in [5.41, 5.74) is 0. The Hall–Kier alpha value is -1.06. The topological polar surface area (TPSA) is 52.6 Å². The minimum Gasteiger partial charge on any atom is -0.465 e. The number of hydrogen-bond acceptors (Lipinski definition) is 4. The van der Waals surface area contributed by atoms with Crippen molar-refractivity contribution in [3.05, 3.63) is 0 Å². The second kappa shape index (κ2) is 11.5. The molecule has 0 aromatic carbocycles. The van der Waals surface area contributed by atoms with Crippen LogP contribution in [0, 0.1) is 23.7 Å². The lowest BCUT2D eigenvalue weighted by atomic mass is 9.75. The van der Waals surface area contributed by atoms with E-state index in [0.29, 0.717) is 13.2 Å². The molecule has 0 saturated heterocycles. The van der Waals surface area contributed by atoms with Crippen molar-refractivity contribution in [3.8, 4) is 0 Å². The Morgan fingerprint density at radius 2 is 1.42 bits per heavy atom. The van der Waals surface area contributed by atoms with Crippen LogP contribution in [0.25, 0.3) is 0 Å². The molecule has 0 aliphatic heterocycles. The fourth-order valence-corrected chi connectivity index (χ4v) is 3.61. The van der Waals surface area contributed by atoms with Crippen molar-refractivity contribution < 1.29 is 19.1 Å². The maximum absolute atomic E-state index is 12.8. The first-order valence-electron chi connectivity index (χ1n) is 9.86. The minimum absolute atomic E-state index is 0.0726. The van der Waals surface area contributed by atoms with Gasteiger partial charge >= 0.3 is 11.9 Å². The van der Waals surface area contributed by atoms with Crippen LogP contribution >= 0.6 is 0 Å². The molecular weight excluding hydrogens is 304 g/mol. The van der Waals surface area contributed by atoms with Gasteiger partial charge in [-0.15, -0.1) is 0 Å². The summed E-state index contributed by atoms with van der Waals surface area (Å²) in [6.45, 7) is 9.06. The highest BCUT2D eigenvalue weighted by molar-refractivity contribution is 5.82. The number of unbranched alkanes of at least 4 members (excludes halogenated alkanes) is 2. The molecule has 0 aromatic rings. The summed E-state index contributed by atoms with van der Waals surface area (Å²) < 4.78 is 11.0. The van der Waals surface area contributed by atoms with Gasteiger partial charge in [0, 0.05) is 0 Å². The molecule has 1 aliphatic carbocycles. The molecule has 1 aliphatic rings. The van der Waals surface area contributed by atoms with Gasteiger partial charge in [0.05, 0.1) is 25.0 Å². The summed E-state index contributed by atoms with van der Waals surface area (Å²) in [5, 5.41) is 0. The fourth-order valence-electron chi connectivity index (χ4n) is 3.61. The van der Waals surface area contributed by atoms with Crippen LogP contribution in [-0.4, -0.2) is 25.2 Å². The second-order valence-electron chi connectivity index (χ2n) is 7.38. The first-order valence-corrected chi connectivity index (χ1v) is 9.86. The highest BCUT2D eigenvalue weighted by Crippen LogP contribution is 2.39. The van der Waals surface area contributed by atoms with Crippen LogP contribution in [0.2, 0.25) is 0 Å². The van der Waals surface area contributed by atoms with Gasteiger partial charge in [-0.1, -0.05) is 53.4 Å². The number of ether oxygens (including phenoxy) is 2. The first kappa shape index (κ1) is 21.0. The zero-order valence-electron chi connectivity index (χ0n) is 16.0. The first-order chi connectivity index (χ1) is 11.5. The van der Waals surface area contributed by atoms with Gasteiger partial charge in [-0.05, 0) is 37.5 Å². The monoisotopic (exact) mass is 340 g/mol. The average molecular weight is 341 g/mol. The van der Waals surface area contributed by atoms with E-state index in [9.17, 15) is 9.59 Å². The SMILES string of the molecule is CCCCOC(=O)C(C(C)C)C(C(=O)OCCCC)C1CCCC1. The predicted molar refractivity (Wildman–Crippen MR) is 95.5 cm³/mol. The molecule has 0 spiro atoms. The molecule has 0 aromatic heterocycles. The quantitative estimate of drug-likeness (QED) is 0.402. The van der Waals surface area contributed by atoms with Crippen molar-refractivity contribution in [2.45, 2.75) is 79.1 Å². The molecule has 2 atom stereocenters. The standard InChI is InChI=1S/C20H36O4/c1-5-7-13-23-19(21)17(15(3)4)18(16-11-9-10-12-16)20(22)24-14-8-6-2/h15-18H,5-14H2,1-4H3. The van der Waals surface area contributed by atoms with Crippen LogP contribution in [0.4, 0.5) is 0 Å². The van der Waals surface area contributed by atoms with Crippen molar-refractivity contribution in [3.63, 3.8) is 0 Å². The molecular formula is C20H36O4. The Morgan fingerprint density at radius 3 is 1.88 bits per heavy atom. The molecule has 140 valence electrons. The van der Waals surface area contributed by atoms with Crippen molar-refractivity contribution in [2.75, 3.05) is 13.2 Å². The smallest absolute Gasteiger partial charge is 0.310 e. The van der Waals surface area contributed by atoms with Gasteiger partial charge in [-0.2, -0.15) is 0 Å². The Bertz CT molecular complexity index is 372. The van der Waals surface area contributed by atoms with Crippen molar-refractivity contribution in [1.82, 2.24) is 0 Å². The number of rotatable bonds is 11. The van der Waals surface area contributed by atoms with Gasteiger partial charge in [-0.3, -0.25) is 9.59 Å². The summed E-state index contributed by atoms with van der Waals surface area (Å²) in [5.74, 6) is -0.824. The van der Waals surface area contributed by atoms with Gasteiger partial charge in [-0.25, -0.2) is 0 Å². The summed E-state index contributed by atoms with van der Waals surface area (Å²) in [6.07, 6.45) is 8.02. The van der Waals surface area contributed by atoms with Crippen molar-refractivity contribution in [2.24, 2.45) is 23.7 Å². The molecule has 1 fully saturated rings. The summed E-state index contributed by atoms with van der Waals surface area (Å²) >= 11 is 0. The molecule has 2 unspecified atom stereocenters. The van der Waals surface area contributed by atoms with Gasteiger partial charge < -0.3 is 9.47 Å². The lowest BCUT2D eigenvalue weighted by Gasteiger charge is -2.31. The zero-order chi connectivity index (χ0) is 17.9. The van der Waals surface area contributed by atoms with Crippen molar-refractivity contribution in [1.29, 1.82) is 0 Å². The number of carbonyl (C=O) groups is 2. The molecule has 1 saturated carbocycles. The molecule has 0 heterocycles. The third kappa shape index (κ3) is 6.45. The van der Waals surface area contributed by atoms with E-state index in [1.54, 1.807) is 0 Å². The van der Waals surface area contributed by atoms with Crippen LogP contribution in [0.15, 0.2) is 0 Å². The van der Waals surface area contributed by atoms with E-state index in [2.05, 4.69) is 13.8 Å². The van der Waals surface area contributed by atoms with Crippen molar-refractivity contribution >= 4 is 11.9 Å². The van der Waals surface area contributed by atoms with E-state index in [-0.39, 0.29) is 35.6 Å². The van der Waals surface area contributed by atoms with Crippen LogP contribution in [0.5, 0.6) is 0 Å². The van der Waals surface area contributed by atoms with E-state index in [4.69, 9.17) is 9.47 Å². The van der Waals surface area contributed by atoms with E-state index >= 15 is 0 Å². The van der Waals surface area contributed by atoms with Crippen LogP contribution in [-0.2, 0) is 19.1 Å². The van der Waals surface area contributed by atoms with E-state index in [0.717, 1.165) is 51.4 Å². The van der Waals surface area contributed by atoms with E-state index in [1.807, 2.05) is 13.8 Å². The molecule has 0 radical (unpaired) electrons. The maximum Gasteiger partial charge on any atom is 0.310 e. The highest BCUT2D eigenvalue weighted by atomic mass is 16.5. The van der Waals surface area contributed by atoms with Gasteiger partial charge in [0.1, 0.15) is 0 Å². The molecule has 0 bridgehead atoms. The molecule has 4 nitrogen and oxygen atoms in total. The third-order valence-electron chi connectivity index (χ3n) is 5.04. The van der Waals surface area contributed by atoms with Crippen LogP contribution in [0.3, 0.4) is 0 Å². The Kier molecular flexibility index (Phi) is 10.0. The summed E-state index contributed by atoms with van der Waals surface area (Å²) in [4.78, 5) is 25.4. The van der Waals surface area contributed by atoms with Gasteiger partial charge in [0.15, 0.2) is 0 Å². The van der Waals surface area contributed by atoms with Gasteiger partial charge in [0.2, 0.25) is 0 Å². The Labute approximate surface area is 147 Å². The predicted octanol–water partition coefficient (Wildman–Crippen LogP) is 4.75. The zero-order valence-corrected chi connectivity index (χ0v) is 16.0. The van der Waals surface area contributed by atoms with Crippen LogP contribution in [0.1, 0.15) is 79.1 Å². The fraction of sp³-hybridized carbons (Fsp3) is 0.900. The largest absolute Gasteiger partial charge is 0.465 e. The van der Waals surface area contributed by atoms with Gasteiger partial charge in [0.25, 0.3) is 0 Å². The number of carbonyl (C=O) groups excluding carboxylic acids is 2. The normalized spacial score (nSPS) is 17.7. The van der Waals surface area contributed by atoms with Crippen LogP contribution < -0.4 is 0 Å². The Morgan fingerprint density at radius 1 is 0.917 bits per heavy atom. The third-order valence-corrected chi connectivity index (χ3v) is 5.04. The Balaban J connectivity index is 2.85. The molecule has 0 amide bonds. The summed E-state index contributed by atoms with van der Waals surface area (Å²) in [6, 6.07) is 0.